The molecule has 0 fully saturated rings. The number of nitrogens with one attached hydrogen (secondary N) is 1. The van der Waals surface area contributed by atoms with Gasteiger partial charge in [0.05, 0.1) is 14.2 Å². The Bertz CT molecular complexity index is 772. The van der Waals surface area contributed by atoms with E-state index in [0.717, 1.165) is 11.3 Å². The van der Waals surface area contributed by atoms with Gasteiger partial charge in [-0.3, -0.25) is 9.59 Å². The Labute approximate surface area is 153 Å². The first-order chi connectivity index (χ1) is 12.4. The lowest BCUT2D eigenvalue weighted by Crippen LogP contribution is -2.32. The van der Waals surface area contributed by atoms with Gasteiger partial charge < -0.3 is 19.7 Å². The number of aryl methyl sites for hydroxylation is 1. The predicted octanol–water partition coefficient (Wildman–Crippen LogP) is 3.39. The number of anilines is 2. The zero-order chi connectivity index (χ0) is 19.1. The van der Waals surface area contributed by atoms with E-state index in [4.69, 9.17) is 9.47 Å². The Balaban J connectivity index is 2.05. The fourth-order valence-electron chi connectivity index (χ4n) is 2.53. The minimum absolute atomic E-state index is 0.152. The van der Waals surface area contributed by atoms with Crippen molar-refractivity contribution in [3.05, 3.63) is 48.0 Å². The molecule has 0 unspecified atom stereocenters. The number of carbonyl (C=O) groups excluding carboxylic acids is 2. The Hall–Kier alpha value is -3.02. The molecule has 0 radical (unpaired) electrons. The van der Waals surface area contributed by atoms with Gasteiger partial charge in [-0.25, -0.2) is 0 Å². The van der Waals surface area contributed by atoms with Gasteiger partial charge in [0.2, 0.25) is 11.8 Å². The summed E-state index contributed by atoms with van der Waals surface area (Å²) in [6.07, 6.45) is 0.182. The second kappa shape index (κ2) is 8.89. The van der Waals surface area contributed by atoms with Gasteiger partial charge in [0.1, 0.15) is 0 Å². The molecule has 0 spiro atoms. The molecule has 0 saturated carbocycles. The molecule has 2 aromatic rings. The summed E-state index contributed by atoms with van der Waals surface area (Å²) in [7, 11) is 3.09. The van der Waals surface area contributed by atoms with Gasteiger partial charge in [-0.2, -0.15) is 0 Å². The first-order valence-corrected chi connectivity index (χ1v) is 8.31. The molecule has 2 rings (SSSR count). The van der Waals surface area contributed by atoms with Crippen LogP contribution >= 0.6 is 0 Å². The second-order valence-corrected chi connectivity index (χ2v) is 5.87. The van der Waals surface area contributed by atoms with Crippen molar-refractivity contribution in [1.29, 1.82) is 0 Å². The number of methoxy groups -OCH3 is 2. The maximum atomic E-state index is 12.2. The predicted molar refractivity (Wildman–Crippen MR) is 102 cm³/mol. The van der Waals surface area contributed by atoms with E-state index in [1.807, 2.05) is 31.2 Å². The molecule has 0 aliphatic heterocycles. The van der Waals surface area contributed by atoms with Crippen LogP contribution < -0.4 is 19.7 Å². The highest BCUT2D eigenvalue weighted by molar-refractivity contribution is 5.95. The van der Waals surface area contributed by atoms with Crippen molar-refractivity contribution >= 4 is 23.2 Å². The number of nitrogens with zero attached hydrogens (tertiary/aromatic N) is 1. The maximum absolute atomic E-state index is 12.2. The zero-order valence-corrected chi connectivity index (χ0v) is 15.5. The zero-order valence-electron chi connectivity index (χ0n) is 15.5. The number of amides is 2. The number of carbonyl (C=O) groups is 2. The molecule has 2 aromatic carbocycles. The molecular formula is C20H24N2O4. The summed E-state index contributed by atoms with van der Waals surface area (Å²) in [5.74, 6) is 0.804. The average Bonchev–Trinajstić information content (AvgIpc) is 2.63. The quantitative estimate of drug-likeness (QED) is 0.826. The van der Waals surface area contributed by atoms with Gasteiger partial charge in [-0.15, -0.1) is 0 Å². The van der Waals surface area contributed by atoms with E-state index < -0.39 is 0 Å². The molecule has 6 nitrogen and oxygen atoms in total. The lowest BCUT2D eigenvalue weighted by Gasteiger charge is -2.22. The molecule has 1 N–H and O–H groups in total. The first kappa shape index (κ1) is 19.3. The highest BCUT2D eigenvalue weighted by Crippen LogP contribution is 2.31. The molecule has 0 saturated heterocycles. The lowest BCUT2D eigenvalue weighted by atomic mass is 10.2. The Morgan fingerprint density at radius 3 is 2.23 bits per heavy atom. The highest BCUT2D eigenvalue weighted by atomic mass is 16.5. The van der Waals surface area contributed by atoms with Gasteiger partial charge in [0.25, 0.3) is 0 Å². The molecule has 2 amide bonds. The molecule has 0 bridgehead atoms. The summed E-state index contributed by atoms with van der Waals surface area (Å²) in [5.41, 5.74) is 2.51. The van der Waals surface area contributed by atoms with Crippen molar-refractivity contribution in [3.8, 4) is 11.5 Å². The summed E-state index contributed by atoms with van der Waals surface area (Å²) >= 11 is 0. The Kier molecular flexibility index (Phi) is 6.60. The van der Waals surface area contributed by atoms with E-state index in [9.17, 15) is 9.59 Å². The van der Waals surface area contributed by atoms with Crippen LogP contribution in [0.5, 0.6) is 11.5 Å². The number of ether oxygens (including phenoxy) is 2. The molecule has 0 aliphatic carbocycles. The largest absolute Gasteiger partial charge is 0.493 e. The number of rotatable bonds is 7. The van der Waals surface area contributed by atoms with E-state index in [1.54, 1.807) is 25.3 Å². The van der Waals surface area contributed by atoms with Gasteiger partial charge in [0.15, 0.2) is 11.5 Å². The van der Waals surface area contributed by atoms with E-state index >= 15 is 0 Å². The van der Waals surface area contributed by atoms with Crippen molar-refractivity contribution < 1.29 is 19.1 Å². The van der Waals surface area contributed by atoms with Gasteiger partial charge in [-0.1, -0.05) is 17.7 Å². The monoisotopic (exact) mass is 356 g/mol. The highest BCUT2D eigenvalue weighted by Gasteiger charge is 2.16. The van der Waals surface area contributed by atoms with Crippen molar-refractivity contribution in [1.82, 2.24) is 0 Å². The third-order valence-corrected chi connectivity index (χ3v) is 3.96. The lowest BCUT2D eigenvalue weighted by molar-refractivity contribution is -0.117. The number of hydrogen-bond acceptors (Lipinski definition) is 4. The van der Waals surface area contributed by atoms with Gasteiger partial charge in [0, 0.05) is 37.3 Å². The molecule has 6 heteroatoms. The smallest absolute Gasteiger partial charge is 0.226 e. The average molecular weight is 356 g/mol. The van der Waals surface area contributed by atoms with Crippen LogP contribution in [0.15, 0.2) is 42.5 Å². The van der Waals surface area contributed by atoms with Crippen molar-refractivity contribution in [3.63, 3.8) is 0 Å². The number of hydrogen-bond donors (Lipinski definition) is 1. The third-order valence-electron chi connectivity index (χ3n) is 3.96. The van der Waals surface area contributed by atoms with Crippen LogP contribution in [0, 0.1) is 6.92 Å². The van der Waals surface area contributed by atoms with E-state index in [0.29, 0.717) is 17.2 Å². The van der Waals surface area contributed by atoms with Crippen LogP contribution in [0.1, 0.15) is 18.9 Å². The second-order valence-electron chi connectivity index (χ2n) is 5.87. The topological polar surface area (TPSA) is 67.9 Å². The first-order valence-electron chi connectivity index (χ1n) is 8.31. The molecule has 0 atom stereocenters. The standard InChI is InChI=1S/C20H24N2O4/c1-14-5-7-16(8-6-14)21-20(24)11-12-22(15(2)23)17-9-10-18(25-3)19(13-17)26-4/h5-10,13H,11-12H2,1-4H3,(H,21,24). The fourth-order valence-corrected chi connectivity index (χ4v) is 2.53. The maximum Gasteiger partial charge on any atom is 0.226 e. The summed E-state index contributed by atoms with van der Waals surface area (Å²) in [5, 5.41) is 2.83. The van der Waals surface area contributed by atoms with Crippen LogP contribution in [0.4, 0.5) is 11.4 Å². The summed E-state index contributed by atoms with van der Waals surface area (Å²) in [6.45, 7) is 3.72. The summed E-state index contributed by atoms with van der Waals surface area (Å²) < 4.78 is 10.5. The van der Waals surface area contributed by atoms with Gasteiger partial charge >= 0.3 is 0 Å². The fraction of sp³-hybridized carbons (Fsp3) is 0.300. The van der Waals surface area contributed by atoms with Crippen LogP contribution in [-0.4, -0.2) is 32.6 Å². The minimum Gasteiger partial charge on any atom is -0.493 e. The van der Waals surface area contributed by atoms with Crippen LogP contribution in [0.2, 0.25) is 0 Å². The Morgan fingerprint density at radius 2 is 1.65 bits per heavy atom. The summed E-state index contributed by atoms with van der Waals surface area (Å²) in [6, 6.07) is 12.8. The SMILES string of the molecule is COc1ccc(N(CCC(=O)Nc2ccc(C)cc2)C(C)=O)cc1OC. The molecule has 138 valence electrons. The molecular weight excluding hydrogens is 332 g/mol. The van der Waals surface area contributed by atoms with Crippen LogP contribution in [0.3, 0.4) is 0 Å². The molecule has 26 heavy (non-hydrogen) atoms. The van der Waals surface area contributed by atoms with Crippen LogP contribution in [0.25, 0.3) is 0 Å². The summed E-state index contributed by atoms with van der Waals surface area (Å²) in [4.78, 5) is 25.8. The third kappa shape index (κ3) is 4.99. The normalized spacial score (nSPS) is 10.2. The minimum atomic E-state index is -0.152. The van der Waals surface area contributed by atoms with Crippen molar-refractivity contribution in [2.75, 3.05) is 31.0 Å². The van der Waals surface area contributed by atoms with E-state index in [2.05, 4.69) is 5.32 Å². The van der Waals surface area contributed by atoms with Gasteiger partial charge in [-0.05, 0) is 31.2 Å². The molecule has 0 aliphatic rings. The number of benzene rings is 2. The van der Waals surface area contributed by atoms with E-state index in [-0.39, 0.29) is 24.8 Å². The van der Waals surface area contributed by atoms with E-state index in [1.165, 1.54) is 18.9 Å². The van der Waals surface area contributed by atoms with Crippen molar-refractivity contribution in [2.45, 2.75) is 20.3 Å². The molecule has 0 heterocycles. The molecule has 0 aromatic heterocycles. The van der Waals surface area contributed by atoms with Crippen LogP contribution in [-0.2, 0) is 9.59 Å². The van der Waals surface area contributed by atoms with Crippen molar-refractivity contribution in [2.24, 2.45) is 0 Å². The Morgan fingerprint density at radius 1 is 1.00 bits per heavy atom.